The first-order valence-corrected chi connectivity index (χ1v) is 7.41. The number of carbonyl (C=O) groups is 1. The predicted molar refractivity (Wildman–Crippen MR) is 87.2 cm³/mol. The molecule has 1 fully saturated rings. The van der Waals surface area contributed by atoms with E-state index in [1.807, 2.05) is 36.1 Å². The molecule has 1 aromatic carbocycles. The van der Waals surface area contributed by atoms with Crippen LogP contribution in [0.25, 0.3) is 0 Å². The number of rotatable bonds is 4. The first-order chi connectivity index (χ1) is 9.60. The fourth-order valence-electron chi connectivity index (χ4n) is 2.37. The van der Waals surface area contributed by atoms with Crippen LogP contribution in [0.2, 0.25) is 0 Å². The molecule has 2 unspecified atom stereocenters. The van der Waals surface area contributed by atoms with Gasteiger partial charge < -0.3 is 15.4 Å². The lowest BCUT2D eigenvalue weighted by Gasteiger charge is -2.30. The van der Waals surface area contributed by atoms with Crippen LogP contribution in [-0.2, 0) is 0 Å². The molecular weight excluding hydrogens is 288 g/mol. The van der Waals surface area contributed by atoms with Gasteiger partial charge in [0.1, 0.15) is 5.75 Å². The normalized spacial score (nSPS) is 19.6. The standard InChI is InChI=1S/C16H24N2O2.ClH/c1-3-12(2)20-15-8-6-13(7-9-15)16(19)18-10-4-5-14(17)11-18;/h6-9,12,14H,3-5,10-11,17H2,1-2H3;1H. The Kier molecular flexibility index (Phi) is 6.99. The van der Waals surface area contributed by atoms with Crippen molar-refractivity contribution in [1.82, 2.24) is 4.90 Å². The summed E-state index contributed by atoms with van der Waals surface area (Å²) in [5.41, 5.74) is 6.63. The number of carbonyl (C=O) groups excluding carboxylic acids is 1. The molecule has 1 heterocycles. The van der Waals surface area contributed by atoms with Crippen LogP contribution < -0.4 is 10.5 Å². The molecule has 5 heteroatoms. The summed E-state index contributed by atoms with van der Waals surface area (Å²) in [6.45, 7) is 5.58. The lowest BCUT2D eigenvalue weighted by molar-refractivity contribution is 0.0709. The molecular formula is C16H25ClN2O2. The van der Waals surface area contributed by atoms with Gasteiger partial charge in [0.15, 0.2) is 0 Å². The molecule has 1 saturated heterocycles. The number of ether oxygens (including phenoxy) is 1. The third-order valence-electron chi connectivity index (χ3n) is 3.76. The number of halogens is 1. The second-order valence-corrected chi connectivity index (χ2v) is 5.51. The third-order valence-corrected chi connectivity index (χ3v) is 3.76. The minimum absolute atomic E-state index is 0. The van der Waals surface area contributed by atoms with Gasteiger partial charge in [-0.1, -0.05) is 6.92 Å². The Morgan fingerprint density at radius 2 is 2.10 bits per heavy atom. The Hall–Kier alpha value is -1.26. The smallest absolute Gasteiger partial charge is 0.253 e. The van der Waals surface area contributed by atoms with Crippen molar-refractivity contribution in [3.63, 3.8) is 0 Å². The Balaban J connectivity index is 0.00000220. The average molecular weight is 313 g/mol. The molecule has 1 aromatic rings. The summed E-state index contributed by atoms with van der Waals surface area (Å²) >= 11 is 0. The van der Waals surface area contributed by atoms with Crippen molar-refractivity contribution in [3.05, 3.63) is 29.8 Å². The van der Waals surface area contributed by atoms with Gasteiger partial charge in [0, 0.05) is 24.7 Å². The molecule has 1 aliphatic heterocycles. The summed E-state index contributed by atoms with van der Waals surface area (Å²) in [6.07, 6.45) is 3.15. The Morgan fingerprint density at radius 3 is 2.67 bits per heavy atom. The number of benzene rings is 1. The van der Waals surface area contributed by atoms with Crippen molar-refractivity contribution in [3.8, 4) is 5.75 Å². The van der Waals surface area contributed by atoms with Crippen LogP contribution >= 0.6 is 12.4 Å². The maximum absolute atomic E-state index is 12.4. The molecule has 21 heavy (non-hydrogen) atoms. The summed E-state index contributed by atoms with van der Waals surface area (Å²) in [4.78, 5) is 14.2. The van der Waals surface area contributed by atoms with Crippen molar-refractivity contribution in [2.75, 3.05) is 13.1 Å². The molecule has 0 spiro atoms. The van der Waals surface area contributed by atoms with Crippen LogP contribution in [0, 0.1) is 0 Å². The zero-order chi connectivity index (χ0) is 14.5. The number of nitrogens with two attached hydrogens (primary N) is 1. The van der Waals surface area contributed by atoms with Gasteiger partial charge in [0.05, 0.1) is 6.10 Å². The van der Waals surface area contributed by atoms with Crippen LogP contribution in [0.4, 0.5) is 0 Å². The van der Waals surface area contributed by atoms with E-state index in [2.05, 4.69) is 6.92 Å². The predicted octanol–water partition coefficient (Wildman–Crippen LogP) is 2.85. The lowest BCUT2D eigenvalue weighted by Crippen LogP contribution is -2.45. The first-order valence-electron chi connectivity index (χ1n) is 7.41. The molecule has 118 valence electrons. The summed E-state index contributed by atoms with van der Waals surface area (Å²) in [5.74, 6) is 0.876. The topological polar surface area (TPSA) is 55.6 Å². The first kappa shape index (κ1) is 17.8. The van der Waals surface area contributed by atoms with Crippen molar-refractivity contribution >= 4 is 18.3 Å². The average Bonchev–Trinajstić information content (AvgIpc) is 2.47. The highest BCUT2D eigenvalue weighted by atomic mass is 35.5. The molecule has 0 aromatic heterocycles. The SMILES string of the molecule is CCC(C)Oc1ccc(C(=O)N2CCCC(N)C2)cc1.Cl. The lowest BCUT2D eigenvalue weighted by atomic mass is 10.1. The van der Waals surface area contributed by atoms with E-state index in [1.54, 1.807) is 0 Å². The van der Waals surface area contributed by atoms with Crippen LogP contribution in [0.5, 0.6) is 5.75 Å². The molecule has 1 amide bonds. The van der Waals surface area contributed by atoms with E-state index in [4.69, 9.17) is 10.5 Å². The highest BCUT2D eigenvalue weighted by molar-refractivity contribution is 5.94. The molecule has 2 atom stereocenters. The molecule has 0 bridgehead atoms. The van der Waals surface area contributed by atoms with E-state index in [9.17, 15) is 4.79 Å². The minimum Gasteiger partial charge on any atom is -0.491 e. The summed E-state index contributed by atoms with van der Waals surface area (Å²) in [7, 11) is 0. The number of likely N-dealkylation sites (tertiary alicyclic amines) is 1. The quantitative estimate of drug-likeness (QED) is 0.930. The summed E-state index contributed by atoms with van der Waals surface area (Å²) in [5, 5.41) is 0. The summed E-state index contributed by atoms with van der Waals surface area (Å²) in [6, 6.07) is 7.51. The Morgan fingerprint density at radius 1 is 1.43 bits per heavy atom. The van der Waals surface area contributed by atoms with Gasteiger partial charge in [-0.25, -0.2) is 0 Å². The van der Waals surface area contributed by atoms with Gasteiger partial charge in [-0.3, -0.25) is 4.79 Å². The zero-order valence-electron chi connectivity index (χ0n) is 12.7. The largest absolute Gasteiger partial charge is 0.491 e. The Labute approximate surface area is 133 Å². The van der Waals surface area contributed by atoms with Crippen molar-refractivity contribution < 1.29 is 9.53 Å². The van der Waals surface area contributed by atoms with Crippen LogP contribution in [0.1, 0.15) is 43.5 Å². The van der Waals surface area contributed by atoms with Crippen LogP contribution in [-0.4, -0.2) is 36.0 Å². The maximum atomic E-state index is 12.4. The molecule has 2 rings (SSSR count). The van der Waals surface area contributed by atoms with Gasteiger partial charge >= 0.3 is 0 Å². The fourth-order valence-corrected chi connectivity index (χ4v) is 2.37. The molecule has 0 saturated carbocycles. The molecule has 0 aliphatic carbocycles. The van der Waals surface area contributed by atoms with Crippen LogP contribution in [0.3, 0.4) is 0 Å². The molecule has 0 radical (unpaired) electrons. The van der Waals surface area contributed by atoms with Gasteiger partial charge in [-0.15, -0.1) is 12.4 Å². The van der Waals surface area contributed by atoms with Gasteiger partial charge in [-0.2, -0.15) is 0 Å². The second kappa shape index (κ2) is 8.25. The summed E-state index contributed by atoms with van der Waals surface area (Å²) < 4.78 is 5.72. The minimum atomic E-state index is 0. The number of hydrogen-bond donors (Lipinski definition) is 1. The van der Waals surface area contributed by atoms with Gasteiger partial charge in [0.2, 0.25) is 0 Å². The van der Waals surface area contributed by atoms with E-state index >= 15 is 0 Å². The Bertz CT molecular complexity index is 450. The van der Waals surface area contributed by atoms with E-state index in [0.717, 1.165) is 31.6 Å². The van der Waals surface area contributed by atoms with E-state index in [0.29, 0.717) is 12.1 Å². The second-order valence-electron chi connectivity index (χ2n) is 5.51. The van der Waals surface area contributed by atoms with E-state index < -0.39 is 0 Å². The molecule has 1 aliphatic rings. The van der Waals surface area contributed by atoms with E-state index in [1.165, 1.54) is 0 Å². The number of amides is 1. The molecule has 4 nitrogen and oxygen atoms in total. The van der Waals surface area contributed by atoms with Crippen molar-refractivity contribution in [1.29, 1.82) is 0 Å². The highest BCUT2D eigenvalue weighted by Crippen LogP contribution is 2.17. The van der Waals surface area contributed by atoms with Gasteiger partial charge in [0.25, 0.3) is 5.91 Å². The monoisotopic (exact) mass is 312 g/mol. The highest BCUT2D eigenvalue weighted by Gasteiger charge is 2.22. The number of nitrogens with zero attached hydrogens (tertiary/aromatic N) is 1. The fraction of sp³-hybridized carbons (Fsp3) is 0.562. The number of piperidine rings is 1. The molecule has 2 N–H and O–H groups in total. The zero-order valence-corrected chi connectivity index (χ0v) is 13.6. The van der Waals surface area contributed by atoms with Gasteiger partial charge in [-0.05, 0) is 50.5 Å². The van der Waals surface area contributed by atoms with Crippen molar-refractivity contribution in [2.24, 2.45) is 5.73 Å². The third kappa shape index (κ3) is 4.90. The van der Waals surface area contributed by atoms with Crippen molar-refractivity contribution in [2.45, 2.75) is 45.3 Å². The number of hydrogen-bond acceptors (Lipinski definition) is 3. The maximum Gasteiger partial charge on any atom is 0.253 e. The van der Waals surface area contributed by atoms with Crippen LogP contribution in [0.15, 0.2) is 24.3 Å². The van der Waals surface area contributed by atoms with E-state index in [-0.39, 0.29) is 30.5 Å².